The molecule has 2 aromatic rings. The largest absolute Gasteiger partial charge is 0.335 e. The molecule has 1 aromatic heterocycles. The average molecular weight is 339 g/mol. The van der Waals surface area contributed by atoms with Gasteiger partial charge in [0.15, 0.2) is 0 Å². The van der Waals surface area contributed by atoms with Crippen LogP contribution >= 0.6 is 0 Å². The standard InChI is InChI=1S/C20H29N5/c1-12-10-13(2)18(14(3)11-12)23-19-21-17(6)22-20(24-19)25-15(4)8-7-9-16(25)5/h10-11,15-16H,7-9H2,1-6H3,(H,21,22,23,24). The van der Waals surface area contributed by atoms with E-state index in [1.165, 1.54) is 36.0 Å². The Labute approximate surface area is 150 Å². The van der Waals surface area contributed by atoms with E-state index in [9.17, 15) is 0 Å². The predicted octanol–water partition coefficient (Wildman–Crippen LogP) is 4.62. The number of aromatic nitrogens is 3. The lowest BCUT2D eigenvalue weighted by molar-refractivity contribution is 0.407. The summed E-state index contributed by atoms with van der Waals surface area (Å²) in [6.45, 7) is 12.8. The second-order valence-corrected chi connectivity index (χ2v) is 7.44. The van der Waals surface area contributed by atoms with E-state index in [4.69, 9.17) is 4.98 Å². The highest BCUT2D eigenvalue weighted by atomic mass is 15.3. The molecule has 1 fully saturated rings. The van der Waals surface area contributed by atoms with Gasteiger partial charge < -0.3 is 10.2 Å². The van der Waals surface area contributed by atoms with Crippen molar-refractivity contribution in [2.45, 2.75) is 72.9 Å². The van der Waals surface area contributed by atoms with Crippen LogP contribution in [0, 0.1) is 27.7 Å². The quantitative estimate of drug-likeness (QED) is 0.884. The van der Waals surface area contributed by atoms with Gasteiger partial charge in [0.1, 0.15) is 5.82 Å². The molecule has 0 saturated carbocycles. The van der Waals surface area contributed by atoms with Crippen LogP contribution in [0.15, 0.2) is 12.1 Å². The van der Waals surface area contributed by atoms with Crippen molar-refractivity contribution in [1.82, 2.24) is 15.0 Å². The van der Waals surface area contributed by atoms with Gasteiger partial charge in [-0.2, -0.15) is 15.0 Å². The van der Waals surface area contributed by atoms with Crippen LogP contribution in [0.25, 0.3) is 0 Å². The molecule has 0 bridgehead atoms. The van der Waals surface area contributed by atoms with E-state index >= 15 is 0 Å². The number of nitrogens with zero attached hydrogens (tertiary/aromatic N) is 4. The van der Waals surface area contributed by atoms with E-state index in [1.54, 1.807) is 0 Å². The van der Waals surface area contributed by atoms with Gasteiger partial charge in [-0.3, -0.25) is 0 Å². The molecule has 1 N–H and O–H groups in total. The lowest BCUT2D eigenvalue weighted by Crippen LogP contribution is -2.45. The van der Waals surface area contributed by atoms with Crippen LogP contribution in [0.2, 0.25) is 0 Å². The maximum Gasteiger partial charge on any atom is 0.232 e. The Morgan fingerprint density at radius 3 is 2.12 bits per heavy atom. The summed E-state index contributed by atoms with van der Waals surface area (Å²) in [4.78, 5) is 16.2. The molecule has 25 heavy (non-hydrogen) atoms. The highest BCUT2D eigenvalue weighted by Crippen LogP contribution is 2.29. The van der Waals surface area contributed by atoms with E-state index in [1.807, 2.05) is 6.92 Å². The monoisotopic (exact) mass is 339 g/mol. The number of piperidine rings is 1. The Bertz CT molecular complexity index is 738. The first kappa shape index (κ1) is 17.6. The van der Waals surface area contributed by atoms with Gasteiger partial charge >= 0.3 is 0 Å². The maximum atomic E-state index is 4.75. The Kier molecular flexibility index (Phi) is 4.93. The van der Waals surface area contributed by atoms with Crippen LogP contribution in [0.5, 0.6) is 0 Å². The lowest BCUT2D eigenvalue weighted by atomic mass is 9.98. The van der Waals surface area contributed by atoms with E-state index in [0.717, 1.165) is 17.5 Å². The Balaban J connectivity index is 1.95. The summed E-state index contributed by atoms with van der Waals surface area (Å²) in [6.07, 6.45) is 3.65. The van der Waals surface area contributed by atoms with Crippen molar-refractivity contribution in [3.63, 3.8) is 0 Å². The zero-order chi connectivity index (χ0) is 18.1. The van der Waals surface area contributed by atoms with Crippen molar-refractivity contribution in [2.75, 3.05) is 10.2 Å². The van der Waals surface area contributed by atoms with Crippen molar-refractivity contribution in [3.8, 4) is 0 Å². The summed E-state index contributed by atoms with van der Waals surface area (Å²) in [5.41, 5.74) is 4.76. The van der Waals surface area contributed by atoms with Crippen LogP contribution in [0.1, 0.15) is 55.6 Å². The molecule has 1 saturated heterocycles. The number of aryl methyl sites for hydroxylation is 4. The van der Waals surface area contributed by atoms with Gasteiger partial charge in [-0.05, 0) is 71.9 Å². The van der Waals surface area contributed by atoms with Gasteiger partial charge in [0.2, 0.25) is 11.9 Å². The Morgan fingerprint density at radius 1 is 0.920 bits per heavy atom. The van der Waals surface area contributed by atoms with Gasteiger partial charge in [0.05, 0.1) is 0 Å². The normalized spacial score (nSPS) is 20.6. The minimum absolute atomic E-state index is 0.459. The van der Waals surface area contributed by atoms with Gasteiger partial charge in [-0.25, -0.2) is 0 Å². The first-order valence-corrected chi connectivity index (χ1v) is 9.21. The third-order valence-electron chi connectivity index (χ3n) is 5.07. The Hall–Kier alpha value is -2.17. The summed E-state index contributed by atoms with van der Waals surface area (Å²) in [5.74, 6) is 2.17. The topological polar surface area (TPSA) is 53.9 Å². The van der Waals surface area contributed by atoms with Crippen LogP contribution in [-0.4, -0.2) is 27.0 Å². The highest BCUT2D eigenvalue weighted by Gasteiger charge is 2.27. The number of hydrogen-bond acceptors (Lipinski definition) is 5. The summed E-state index contributed by atoms with van der Waals surface area (Å²) in [6, 6.07) is 5.28. The maximum absolute atomic E-state index is 4.75. The molecular formula is C20H29N5. The molecule has 1 aromatic carbocycles. The average Bonchev–Trinajstić information content (AvgIpc) is 2.50. The first-order valence-electron chi connectivity index (χ1n) is 9.21. The van der Waals surface area contributed by atoms with Crippen molar-refractivity contribution >= 4 is 17.6 Å². The molecule has 0 amide bonds. The van der Waals surface area contributed by atoms with Gasteiger partial charge in [0.25, 0.3) is 0 Å². The summed E-state index contributed by atoms with van der Waals surface area (Å²) in [5, 5.41) is 3.43. The van der Waals surface area contributed by atoms with Crippen LogP contribution in [-0.2, 0) is 0 Å². The zero-order valence-corrected chi connectivity index (χ0v) is 16.2. The number of nitrogens with one attached hydrogen (secondary N) is 1. The third kappa shape index (κ3) is 3.75. The summed E-state index contributed by atoms with van der Waals surface area (Å²) in [7, 11) is 0. The number of rotatable bonds is 3. The van der Waals surface area contributed by atoms with Crippen LogP contribution in [0.4, 0.5) is 17.6 Å². The highest BCUT2D eigenvalue weighted by molar-refractivity contribution is 5.64. The fourth-order valence-corrected chi connectivity index (χ4v) is 3.94. The molecular weight excluding hydrogens is 310 g/mol. The lowest BCUT2D eigenvalue weighted by Gasteiger charge is -2.39. The van der Waals surface area contributed by atoms with Crippen molar-refractivity contribution in [3.05, 3.63) is 34.6 Å². The SMILES string of the molecule is Cc1cc(C)c(Nc2nc(C)nc(N3C(C)CCCC3C)n2)c(C)c1. The van der Waals surface area contributed by atoms with Gasteiger partial charge in [-0.15, -0.1) is 0 Å². The molecule has 1 aliphatic rings. The predicted molar refractivity (Wildman–Crippen MR) is 104 cm³/mol. The summed E-state index contributed by atoms with van der Waals surface area (Å²) < 4.78 is 0. The van der Waals surface area contributed by atoms with E-state index in [0.29, 0.717) is 18.0 Å². The van der Waals surface area contributed by atoms with Gasteiger partial charge in [0, 0.05) is 17.8 Å². The second-order valence-electron chi connectivity index (χ2n) is 7.44. The molecule has 5 heteroatoms. The fraction of sp³-hybridized carbons (Fsp3) is 0.550. The number of hydrogen-bond donors (Lipinski definition) is 1. The molecule has 0 radical (unpaired) electrons. The van der Waals surface area contributed by atoms with E-state index in [-0.39, 0.29) is 0 Å². The first-order chi connectivity index (χ1) is 11.8. The molecule has 134 valence electrons. The molecule has 0 spiro atoms. The minimum Gasteiger partial charge on any atom is -0.335 e. The number of benzene rings is 1. The molecule has 0 aliphatic carbocycles. The molecule has 5 nitrogen and oxygen atoms in total. The van der Waals surface area contributed by atoms with Gasteiger partial charge in [-0.1, -0.05) is 17.7 Å². The molecule has 1 aliphatic heterocycles. The van der Waals surface area contributed by atoms with E-state index < -0.39 is 0 Å². The fourth-order valence-electron chi connectivity index (χ4n) is 3.94. The van der Waals surface area contributed by atoms with Crippen molar-refractivity contribution < 1.29 is 0 Å². The van der Waals surface area contributed by atoms with Crippen LogP contribution < -0.4 is 10.2 Å². The van der Waals surface area contributed by atoms with Crippen molar-refractivity contribution in [1.29, 1.82) is 0 Å². The Morgan fingerprint density at radius 2 is 1.52 bits per heavy atom. The van der Waals surface area contributed by atoms with Crippen LogP contribution in [0.3, 0.4) is 0 Å². The molecule has 2 heterocycles. The third-order valence-corrected chi connectivity index (χ3v) is 5.07. The zero-order valence-electron chi connectivity index (χ0n) is 16.2. The minimum atomic E-state index is 0.459. The summed E-state index contributed by atoms with van der Waals surface area (Å²) >= 11 is 0. The molecule has 2 unspecified atom stereocenters. The molecule has 2 atom stereocenters. The van der Waals surface area contributed by atoms with E-state index in [2.05, 4.69) is 66.9 Å². The second kappa shape index (κ2) is 6.98. The van der Waals surface area contributed by atoms with Crippen molar-refractivity contribution in [2.24, 2.45) is 0 Å². The smallest absolute Gasteiger partial charge is 0.232 e. The number of anilines is 3. The molecule has 3 rings (SSSR count).